The second kappa shape index (κ2) is 10.9. The molecule has 24 heavy (non-hydrogen) atoms. The largest absolute Gasteiger partial charge is 0.352 e. The smallest absolute Gasteiger partial charge is 0.220 e. The van der Waals surface area contributed by atoms with Gasteiger partial charge in [-0.05, 0) is 50.8 Å². The lowest BCUT2D eigenvalue weighted by molar-refractivity contribution is -0.122. The van der Waals surface area contributed by atoms with Gasteiger partial charge in [0.25, 0.3) is 0 Å². The molecule has 1 aliphatic heterocycles. The first-order valence-corrected chi connectivity index (χ1v) is 8.97. The van der Waals surface area contributed by atoms with Crippen LogP contribution in [0.25, 0.3) is 10.2 Å². The van der Waals surface area contributed by atoms with Gasteiger partial charge in [-0.3, -0.25) is 4.79 Å². The molecule has 0 saturated carbocycles. The van der Waals surface area contributed by atoms with E-state index in [-0.39, 0.29) is 30.7 Å². The molecule has 2 N–H and O–H groups in total. The van der Waals surface area contributed by atoms with Crippen molar-refractivity contribution in [3.8, 4) is 0 Å². The van der Waals surface area contributed by atoms with Crippen LogP contribution in [0.15, 0.2) is 24.3 Å². The molecule has 1 aliphatic rings. The summed E-state index contributed by atoms with van der Waals surface area (Å²) in [5.74, 6) is 0.193. The first kappa shape index (κ1) is 21.2. The molecule has 1 aromatic carbocycles. The fourth-order valence-corrected chi connectivity index (χ4v) is 3.87. The van der Waals surface area contributed by atoms with E-state index in [0.29, 0.717) is 12.5 Å². The maximum absolute atomic E-state index is 11.9. The molecule has 1 aromatic heterocycles. The summed E-state index contributed by atoms with van der Waals surface area (Å²) in [6.45, 7) is 1.99. The number of piperidine rings is 1. The molecule has 1 saturated heterocycles. The van der Waals surface area contributed by atoms with Crippen molar-refractivity contribution in [1.29, 1.82) is 0 Å². The summed E-state index contributed by atoms with van der Waals surface area (Å²) in [6.07, 6.45) is 5.81. The van der Waals surface area contributed by atoms with Crippen LogP contribution < -0.4 is 10.6 Å². The minimum atomic E-state index is 0. The van der Waals surface area contributed by atoms with Crippen molar-refractivity contribution in [2.24, 2.45) is 0 Å². The van der Waals surface area contributed by atoms with E-state index in [9.17, 15) is 4.79 Å². The Morgan fingerprint density at radius 1 is 1.29 bits per heavy atom. The van der Waals surface area contributed by atoms with E-state index in [1.54, 1.807) is 11.3 Å². The van der Waals surface area contributed by atoms with E-state index in [1.165, 1.54) is 9.71 Å². The Hall–Kier alpha value is -0.880. The Bertz CT molecular complexity index is 596. The molecule has 3 rings (SSSR count). The average Bonchev–Trinajstić information content (AvgIpc) is 2.95. The van der Waals surface area contributed by atoms with Gasteiger partial charge in [-0.15, -0.1) is 36.2 Å². The molecular weight excluding hydrogens is 365 g/mol. The molecule has 0 spiro atoms. The highest BCUT2D eigenvalue weighted by molar-refractivity contribution is 7.18. The number of carbonyl (C=O) groups excluding carboxylic acids is 1. The van der Waals surface area contributed by atoms with Crippen LogP contribution >= 0.6 is 36.2 Å². The molecule has 4 nitrogen and oxygen atoms in total. The predicted octanol–water partition coefficient (Wildman–Crippen LogP) is 3.72. The molecule has 1 unspecified atom stereocenters. The average molecular weight is 390 g/mol. The normalized spacial score (nSPS) is 16.9. The Kier molecular flexibility index (Phi) is 9.59. The van der Waals surface area contributed by atoms with Crippen molar-refractivity contribution < 1.29 is 4.79 Å². The molecule has 1 atom stereocenters. The zero-order valence-electron chi connectivity index (χ0n) is 13.6. The van der Waals surface area contributed by atoms with E-state index in [4.69, 9.17) is 0 Å². The maximum Gasteiger partial charge on any atom is 0.220 e. The standard InChI is InChI=1S/C17H23N3OS.2ClH/c21-16(19-13-6-5-11-18-12-13)9-3-4-10-17-20-14-7-1-2-8-15(14)22-17;;/h1-2,7-8,13,18H,3-6,9-12H2,(H,19,21);2*1H. The van der Waals surface area contributed by atoms with Crippen LogP contribution in [0.1, 0.15) is 37.1 Å². The van der Waals surface area contributed by atoms with Crippen molar-refractivity contribution in [3.63, 3.8) is 0 Å². The van der Waals surface area contributed by atoms with E-state index in [2.05, 4.69) is 33.8 Å². The van der Waals surface area contributed by atoms with Crippen LogP contribution in [-0.2, 0) is 11.2 Å². The second-order valence-electron chi connectivity index (χ2n) is 5.89. The summed E-state index contributed by atoms with van der Waals surface area (Å²) in [6, 6.07) is 8.57. The number of thiazole rings is 1. The van der Waals surface area contributed by atoms with Crippen molar-refractivity contribution in [2.75, 3.05) is 13.1 Å². The van der Waals surface area contributed by atoms with Crippen LogP contribution in [-0.4, -0.2) is 30.0 Å². The highest BCUT2D eigenvalue weighted by Crippen LogP contribution is 2.22. The number of carbonyl (C=O) groups is 1. The first-order valence-electron chi connectivity index (χ1n) is 8.16. The fourth-order valence-electron chi connectivity index (χ4n) is 2.86. The van der Waals surface area contributed by atoms with Crippen LogP contribution in [0.5, 0.6) is 0 Å². The topological polar surface area (TPSA) is 54.0 Å². The number of nitrogens with one attached hydrogen (secondary N) is 2. The predicted molar refractivity (Wildman–Crippen MR) is 106 cm³/mol. The van der Waals surface area contributed by atoms with Gasteiger partial charge in [0.15, 0.2) is 0 Å². The lowest BCUT2D eigenvalue weighted by Crippen LogP contribution is -2.45. The van der Waals surface area contributed by atoms with E-state index < -0.39 is 0 Å². The number of aryl methyl sites for hydroxylation is 1. The molecule has 0 radical (unpaired) electrons. The maximum atomic E-state index is 11.9. The number of para-hydroxylation sites is 1. The number of hydrogen-bond donors (Lipinski definition) is 2. The molecule has 1 fully saturated rings. The summed E-state index contributed by atoms with van der Waals surface area (Å²) < 4.78 is 1.25. The Morgan fingerprint density at radius 2 is 2.12 bits per heavy atom. The third-order valence-electron chi connectivity index (χ3n) is 4.04. The number of aromatic nitrogens is 1. The number of halogens is 2. The van der Waals surface area contributed by atoms with Gasteiger partial charge >= 0.3 is 0 Å². The summed E-state index contributed by atoms with van der Waals surface area (Å²) in [5, 5.41) is 7.62. The molecule has 1 amide bonds. The summed E-state index contributed by atoms with van der Waals surface area (Å²) in [5.41, 5.74) is 1.09. The van der Waals surface area contributed by atoms with Gasteiger partial charge in [0.1, 0.15) is 0 Å². The first-order chi connectivity index (χ1) is 10.8. The molecular formula is C17H25Cl2N3OS. The minimum Gasteiger partial charge on any atom is -0.352 e. The lowest BCUT2D eigenvalue weighted by atomic mass is 10.1. The number of rotatable bonds is 6. The number of unbranched alkanes of at least 4 members (excludes halogenated alkanes) is 1. The van der Waals surface area contributed by atoms with E-state index in [1.807, 2.05) is 6.07 Å². The number of fused-ring (bicyclic) bond motifs is 1. The van der Waals surface area contributed by atoms with Crippen LogP contribution in [0.4, 0.5) is 0 Å². The molecule has 2 aromatic rings. The molecule has 2 heterocycles. The van der Waals surface area contributed by atoms with Gasteiger partial charge in [-0.2, -0.15) is 0 Å². The Morgan fingerprint density at radius 3 is 2.88 bits per heavy atom. The highest BCUT2D eigenvalue weighted by Gasteiger charge is 2.14. The SMILES string of the molecule is Cl.Cl.O=C(CCCCc1nc2ccccc2s1)NC1CCCNC1. The number of hydrogen-bond acceptors (Lipinski definition) is 4. The molecule has 134 valence electrons. The fraction of sp³-hybridized carbons (Fsp3) is 0.529. The monoisotopic (exact) mass is 389 g/mol. The van der Waals surface area contributed by atoms with E-state index >= 15 is 0 Å². The van der Waals surface area contributed by atoms with Gasteiger partial charge in [0.05, 0.1) is 15.2 Å². The minimum absolute atomic E-state index is 0. The van der Waals surface area contributed by atoms with Gasteiger partial charge in [0, 0.05) is 19.0 Å². The van der Waals surface area contributed by atoms with Crippen molar-refractivity contribution in [1.82, 2.24) is 15.6 Å². The van der Waals surface area contributed by atoms with Crippen molar-refractivity contribution in [3.05, 3.63) is 29.3 Å². The van der Waals surface area contributed by atoms with Gasteiger partial charge in [0.2, 0.25) is 5.91 Å². The Balaban J connectivity index is 0.00000144. The van der Waals surface area contributed by atoms with Gasteiger partial charge in [-0.1, -0.05) is 12.1 Å². The van der Waals surface area contributed by atoms with Crippen molar-refractivity contribution in [2.45, 2.75) is 44.6 Å². The second-order valence-corrected chi connectivity index (χ2v) is 7.01. The summed E-state index contributed by atoms with van der Waals surface area (Å²) >= 11 is 1.76. The van der Waals surface area contributed by atoms with Gasteiger partial charge in [-0.25, -0.2) is 4.98 Å². The third-order valence-corrected chi connectivity index (χ3v) is 5.14. The number of amides is 1. The Labute approximate surface area is 159 Å². The molecule has 7 heteroatoms. The molecule has 0 bridgehead atoms. The van der Waals surface area contributed by atoms with E-state index in [0.717, 1.165) is 50.7 Å². The zero-order chi connectivity index (χ0) is 15.2. The molecule has 0 aliphatic carbocycles. The summed E-state index contributed by atoms with van der Waals surface area (Å²) in [4.78, 5) is 16.5. The zero-order valence-corrected chi connectivity index (χ0v) is 16.1. The van der Waals surface area contributed by atoms with Gasteiger partial charge < -0.3 is 10.6 Å². The number of nitrogens with zero attached hydrogens (tertiary/aromatic N) is 1. The van der Waals surface area contributed by atoms with Crippen LogP contribution in [0, 0.1) is 0 Å². The number of benzene rings is 1. The van der Waals surface area contributed by atoms with Crippen LogP contribution in [0.2, 0.25) is 0 Å². The lowest BCUT2D eigenvalue weighted by Gasteiger charge is -2.23. The summed E-state index contributed by atoms with van der Waals surface area (Å²) in [7, 11) is 0. The van der Waals surface area contributed by atoms with Crippen LogP contribution in [0.3, 0.4) is 0 Å². The third kappa shape index (κ3) is 6.20. The highest BCUT2D eigenvalue weighted by atomic mass is 35.5. The van der Waals surface area contributed by atoms with Crippen molar-refractivity contribution >= 4 is 52.3 Å². The quantitative estimate of drug-likeness (QED) is 0.740.